The Morgan fingerprint density at radius 1 is 1.30 bits per heavy atom. The first-order valence-electron chi connectivity index (χ1n) is 8.45. The summed E-state index contributed by atoms with van der Waals surface area (Å²) in [5.74, 6) is -0.0922. The van der Waals surface area contributed by atoms with Crippen molar-refractivity contribution in [3.05, 3.63) is 63.5 Å². The molecule has 0 aliphatic carbocycles. The summed E-state index contributed by atoms with van der Waals surface area (Å²) in [7, 11) is 1.48. The highest BCUT2D eigenvalue weighted by molar-refractivity contribution is 8.26. The van der Waals surface area contributed by atoms with Crippen molar-refractivity contribution in [1.29, 1.82) is 5.26 Å². The molecule has 0 spiro atoms. The molecule has 1 fully saturated rings. The summed E-state index contributed by atoms with van der Waals surface area (Å²) in [4.78, 5) is 25.4. The number of hydrogen-bond donors (Lipinski definition) is 1. The van der Waals surface area contributed by atoms with E-state index in [2.05, 4.69) is 5.43 Å². The van der Waals surface area contributed by atoms with Gasteiger partial charge in [0, 0.05) is 10.6 Å². The lowest BCUT2D eigenvalue weighted by molar-refractivity contribution is -0.123. The second-order valence-corrected chi connectivity index (χ2v) is 7.93. The Labute approximate surface area is 187 Å². The fraction of sp³-hybridized carbons (Fsp3) is 0.100. The standard InChI is InChI=1S/C20H14ClN3O4S2/c1-27-16-10-12(2-7-15(16)28-9-8-22)11-17-19(26)24(20(29)30-17)23-18(25)13-3-5-14(21)6-4-13/h2-7,10-11H,9H2,1H3,(H,23,25)/b17-11-. The highest BCUT2D eigenvalue weighted by Crippen LogP contribution is 2.34. The van der Waals surface area contributed by atoms with Crippen LogP contribution in [0.25, 0.3) is 6.08 Å². The fourth-order valence-electron chi connectivity index (χ4n) is 2.49. The minimum absolute atomic E-state index is 0.109. The maximum atomic E-state index is 12.7. The van der Waals surface area contributed by atoms with Crippen molar-refractivity contribution in [2.24, 2.45) is 0 Å². The molecule has 1 aliphatic rings. The second-order valence-electron chi connectivity index (χ2n) is 5.82. The number of amides is 2. The minimum atomic E-state index is -0.482. The number of nitrogens with zero attached hydrogens (tertiary/aromatic N) is 2. The molecule has 1 N–H and O–H groups in total. The molecule has 2 aromatic carbocycles. The van der Waals surface area contributed by atoms with Gasteiger partial charge in [0.25, 0.3) is 11.8 Å². The van der Waals surface area contributed by atoms with E-state index in [4.69, 9.17) is 38.6 Å². The summed E-state index contributed by atoms with van der Waals surface area (Å²) in [5.41, 5.74) is 3.52. The molecular weight excluding hydrogens is 446 g/mol. The summed E-state index contributed by atoms with van der Waals surface area (Å²) in [6.45, 7) is -0.109. The zero-order chi connectivity index (χ0) is 21.7. The lowest BCUT2D eigenvalue weighted by atomic mass is 10.2. The minimum Gasteiger partial charge on any atom is -0.493 e. The topological polar surface area (TPSA) is 91.7 Å². The summed E-state index contributed by atoms with van der Waals surface area (Å²) < 4.78 is 10.8. The van der Waals surface area contributed by atoms with Gasteiger partial charge in [0.15, 0.2) is 22.4 Å². The number of benzene rings is 2. The van der Waals surface area contributed by atoms with E-state index in [1.807, 2.05) is 6.07 Å². The van der Waals surface area contributed by atoms with E-state index in [-0.39, 0.29) is 10.9 Å². The van der Waals surface area contributed by atoms with Crippen molar-refractivity contribution in [2.45, 2.75) is 0 Å². The van der Waals surface area contributed by atoms with Crippen molar-refractivity contribution < 1.29 is 19.1 Å². The van der Waals surface area contributed by atoms with Gasteiger partial charge in [-0.2, -0.15) is 10.3 Å². The monoisotopic (exact) mass is 459 g/mol. The molecule has 1 heterocycles. The highest BCUT2D eigenvalue weighted by atomic mass is 35.5. The van der Waals surface area contributed by atoms with Crippen LogP contribution >= 0.6 is 35.6 Å². The van der Waals surface area contributed by atoms with Crippen molar-refractivity contribution in [3.63, 3.8) is 0 Å². The quantitative estimate of drug-likeness (QED) is 0.519. The van der Waals surface area contributed by atoms with Crippen molar-refractivity contribution in [1.82, 2.24) is 10.4 Å². The summed E-state index contributed by atoms with van der Waals surface area (Å²) in [5, 5.41) is 10.2. The van der Waals surface area contributed by atoms with Gasteiger partial charge >= 0.3 is 0 Å². The number of halogens is 1. The van der Waals surface area contributed by atoms with E-state index < -0.39 is 11.8 Å². The van der Waals surface area contributed by atoms with Crippen LogP contribution in [0, 0.1) is 11.3 Å². The number of hydrazine groups is 1. The number of ether oxygens (including phenoxy) is 2. The van der Waals surface area contributed by atoms with Gasteiger partial charge in [-0.1, -0.05) is 29.4 Å². The average Bonchev–Trinajstić information content (AvgIpc) is 3.00. The largest absolute Gasteiger partial charge is 0.493 e. The highest BCUT2D eigenvalue weighted by Gasteiger charge is 2.33. The Bertz CT molecular complexity index is 1080. The summed E-state index contributed by atoms with van der Waals surface area (Å²) in [6, 6.07) is 13.2. The van der Waals surface area contributed by atoms with Crippen molar-refractivity contribution >= 4 is 57.8 Å². The molecule has 0 aromatic heterocycles. The Balaban J connectivity index is 1.77. The predicted molar refractivity (Wildman–Crippen MR) is 118 cm³/mol. The van der Waals surface area contributed by atoms with Gasteiger partial charge in [0.05, 0.1) is 12.0 Å². The van der Waals surface area contributed by atoms with Crippen LogP contribution in [0.4, 0.5) is 0 Å². The van der Waals surface area contributed by atoms with Crippen LogP contribution in [0.2, 0.25) is 5.02 Å². The molecule has 0 unspecified atom stereocenters. The first-order chi connectivity index (χ1) is 14.4. The molecule has 10 heteroatoms. The van der Waals surface area contributed by atoms with Crippen LogP contribution in [-0.4, -0.2) is 34.9 Å². The molecule has 7 nitrogen and oxygen atoms in total. The fourth-order valence-corrected chi connectivity index (χ4v) is 3.79. The smallest absolute Gasteiger partial charge is 0.285 e. The Kier molecular flexibility index (Phi) is 6.95. The zero-order valence-electron chi connectivity index (χ0n) is 15.5. The number of carbonyl (C=O) groups excluding carboxylic acids is 2. The van der Waals surface area contributed by atoms with E-state index >= 15 is 0 Å². The van der Waals surface area contributed by atoms with Gasteiger partial charge in [0.2, 0.25) is 0 Å². The van der Waals surface area contributed by atoms with E-state index in [0.29, 0.717) is 32.6 Å². The van der Waals surface area contributed by atoms with Gasteiger partial charge in [-0.25, -0.2) is 0 Å². The van der Waals surface area contributed by atoms with Gasteiger partial charge in [-0.05, 0) is 60.3 Å². The molecule has 3 rings (SSSR count). The molecule has 0 saturated carbocycles. The molecule has 2 aromatic rings. The number of thiocarbonyl (C=S) groups is 1. The summed E-state index contributed by atoms with van der Waals surface area (Å²) >= 11 is 12.1. The van der Waals surface area contributed by atoms with Gasteiger partial charge in [-0.3, -0.25) is 15.0 Å². The Morgan fingerprint density at radius 2 is 2.03 bits per heavy atom. The van der Waals surface area contributed by atoms with Crippen molar-refractivity contribution in [2.75, 3.05) is 13.7 Å². The second kappa shape index (κ2) is 9.63. The normalized spacial score (nSPS) is 14.6. The molecule has 0 bridgehead atoms. The zero-order valence-corrected chi connectivity index (χ0v) is 17.9. The van der Waals surface area contributed by atoms with E-state index in [9.17, 15) is 9.59 Å². The first kappa shape index (κ1) is 21.6. The van der Waals surface area contributed by atoms with Crippen LogP contribution in [-0.2, 0) is 4.79 Å². The van der Waals surface area contributed by atoms with Gasteiger partial charge in [-0.15, -0.1) is 0 Å². The van der Waals surface area contributed by atoms with Crippen molar-refractivity contribution in [3.8, 4) is 17.6 Å². The number of hydrogen-bond acceptors (Lipinski definition) is 7. The van der Waals surface area contributed by atoms with Crippen LogP contribution in [0.15, 0.2) is 47.4 Å². The van der Waals surface area contributed by atoms with Crippen LogP contribution < -0.4 is 14.9 Å². The Hall–Kier alpha value is -3.06. The molecule has 0 atom stereocenters. The van der Waals surface area contributed by atoms with E-state index in [0.717, 1.165) is 16.8 Å². The average molecular weight is 460 g/mol. The molecular formula is C20H14ClN3O4S2. The predicted octanol–water partition coefficient (Wildman–Crippen LogP) is 3.80. The van der Waals surface area contributed by atoms with E-state index in [1.54, 1.807) is 48.5 Å². The number of thioether (sulfide) groups is 1. The lowest BCUT2D eigenvalue weighted by Gasteiger charge is -2.15. The third-order valence-electron chi connectivity index (χ3n) is 3.89. The molecule has 30 heavy (non-hydrogen) atoms. The molecule has 1 saturated heterocycles. The maximum Gasteiger partial charge on any atom is 0.285 e. The summed E-state index contributed by atoms with van der Waals surface area (Å²) in [6.07, 6.45) is 1.63. The number of nitriles is 1. The number of methoxy groups -OCH3 is 1. The van der Waals surface area contributed by atoms with E-state index in [1.165, 1.54) is 7.11 Å². The number of rotatable bonds is 6. The van der Waals surface area contributed by atoms with Gasteiger partial charge in [0.1, 0.15) is 6.07 Å². The number of carbonyl (C=O) groups is 2. The SMILES string of the molecule is COc1cc(/C=C2\SC(=S)N(NC(=O)c3ccc(Cl)cc3)C2=O)ccc1OCC#N. The maximum absolute atomic E-state index is 12.7. The number of nitrogens with one attached hydrogen (secondary N) is 1. The third kappa shape index (κ3) is 4.91. The van der Waals surface area contributed by atoms with Gasteiger partial charge < -0.3 is 9.47 Å². The lowest BCUT2D eigenvalue weighted by Crippen LogP contribution is -2.44. The molecule has 152 valence electrons. The molecule has 2 amide bonds. The first-order valence-corrected chi connectivity index (χ1v) is 10.1. The van der Waals surface area contributed by atoms with Crippen LogP contribution in [0.1, 0.15) is 15.9 Å². The molecule has 0 radical (unpaired) electrons. The van der Waals surface area contributed by atoms with Crippen LogP contribution in [0.5, 0.6) is 11.5 Å². The Morgan fingerprint density at radius 3 is 2.70 bits per heavy atom. The van der Waals surface area contributed by atoms with Crippen LogP contribution in [0.3, 0.4) is 0 Å². The third-order valence-corrected chi connectivity index (χ3v) is 5.45. The molecule has 1 aliphatic heterocycles.